The van der Waals surface area contributed by atoms with Crippen LogP contribution in [0.1, 0.15) is 31.9 Å². The highest BCUT2D eigenvalue weighted by Crippen LogP contribution is 2.15. The minimum Gasteiger partial charge on any atom is -0.389 e. The number of nitrogens with two attached hydrogens (primary N) is 1. The van der Waals surface area contributed by atoms with Crippen molar-refractivity contribution in [2.24, 2.45) is 5.73 Å². The van der Waals surface area contributed by atoms with E-state index in [1.54, 1.807) is 24.3 Å². The second-order valence-electron chi connectivity index (χ2n) is 4.62. The Morgan fingerprint density at radius 1 is 1.42 bits per heavy atom. The lowest BCUT2D eigenvalue weighted by atomic mass is 10.1. The SMILES string of the molecule is CCN(C(C)C)S(=O)(=O)Cc1cccc(C(N)=S)c1. The number of benzene rings is 1. The fourth-order valence-corrected chi connectivity index (χ4v) is 3.92. The second kappa shape index (κ2) is 6.45. The Hall–Kier alpha value is -0.980. The third kappa shape index (κ3) is 4.26. The van der Waals surface area contributed by atoms with Crippen molar-refractivity contribution in [3.05, 3.63) is 35.4 Å². The van der Waals surface area contributed by atoms with Gasteiger partial charge in [0.2, 0.25) is 10.0 Å². The molecule has 2 N–H and O–H groups in total. The first-order valence-electron chi connectivity index (χ1n) is 6.16. The van der Waals surface area contributed by atoms with E-state index in [4.69, 9.17) is 18.0 Å². The third-order valence-electron chi connectivity index (χ3n) is 2.81. The van der Waals surface area contributed by atoms with Crippen molar-refractivity contribution in [3.8, 4) is 0 Å². The van der Waals surface area contributed by atoms with E-state index in [0.29, 0.717) is 17.7 Å². The molecule has 19 heavy (non-hydrogen) atoms. The van der Waals surface area contributed by atoms with E-state index in [1.807, 2.05) is 20.8 Å². The van der Waals surface area contributed by atoms with E-state index in [-0.39, 0.29) is 16.8 Å². The Kier molecular flexibility index (Phi) is 5.46. The van der Waals surface area contributed by atoms with Crippen LogP contribution in [0.4, 0.5) is 0 Å². The van der Waals surface area contributed by atoms with Gasteiger partial charge in [-0.15, -0.1) is 0 Å². The summed E-state index contributed by atoms with van der Waals surface area (Å²) in [7, 11) is -3.32. The number of hydrogen-bond donors (Lipinski definition) is 1. The summed E-state index contributed by atoms with van der Waals surface area (Å²) < 4.78 is 26.1. The molecule has 6 heteroatoms. The van der Waals surface area contributed by atoms with E-state index < -0.39 is 10.0 Å². The van der Waals surface area contributed by atoms with E-state index in [0.717, 1.165) is 0 Å². The molecule has 0 fully saturated rings. The monoisotopic (exact) mass is 300 g/mol. The third-order valence-corrected chi connectivity index (χ3v) is 5.13. The fraction of sp³-hybridized carbons (Fsp3) is 0.462. The molecule has 106 valence electrons. The first-order chi connectivity index (χ1) is 8.77. The molecule has 0 aliphatic heterocycles. The Morgan fingerprint density at radius 2 is 2.05 bits per heavy atom. The lowest BCUT2D eigenvalue weighted by Gasteiger charge is -2.24. The standard InChI is InChI=1S/C13H20N2O2S2/c1-4-15(10(2)3)19(16,17)9-11-6-5-7-12(8-11)13(14)18/h5-8,10H,4,9H2,1-3H3,(H2,14,18). The molecule has 0 heterocycles. The van der Waals surface area contributed by atoms with Crippen LogP contribution in [-0.2, 0) is 15.8 Å². The van der Waals surface area contributed by atoms with Crippen LogP contribution in [0.3, 0.4) is 0 Å². The molecule has 0 atom stereocenters. The topological polar surface area (TPSA) is 63.4 Å². The minimum atomic E-state index is -3.32. The van der Waals surface area contributed by atoms with Crippen LogP contribution in [0.15, 0.2) is 24.3 Å². The highest BCUT2D eigenvalue weighted by atomic mass is 32.2. The summed E-state index contributed by atoms with van der Waals surface area (Å²) in [5.41, 5.74) is 6.94. The highest BCUT2D eigenvalue weighted by molar-refractivity contribution is 7.88. The summed E-state index contributed by atoms with van der Waals surface area (Å²) >= 11 is 4.90. The molecular weight excluding hydrogens is 280 g/mol. The van der Waals surface area contributed by atoms with Crippen molar-refractivity contribution >= 4 is 27.2 Å². The average Bonchev–Trinajstić information content (AvgIpc) is 2.28. The zero-order chi connectivity index (χ0) is 14.6. The summed E-state index contributed by atoms with van der Waals surface area (Å²) in [6, 6.07) is 7.00. The zero-order valence-electron chi connectivity index (χ0n) is 11.5. The number of rotatable bonds is 6. The van der Waals surface area contributed by atoms with Crippen LogP contribution in [-0.4, -0.2) is 30.3 Å². The van der Waals surface area contributed by atoms with Gasteiger partial charge in [-0.1, -0.05) is 37.3 Å². The summed E-state index contributed by atoms with van der Waals surface area (Å²) in [6.45, 7) is 6.04. The van der Waals surface area contributed by atoms with Gasteiger partial charge in [0.05, 0.1) is 5.75 Å². The van der Waals surface area contributed by atoms with Gasteiger partial charge in [-0.2, -0.15) is 4.31 Å². The Balaban J connectivity index is 3.01. The molecule has 0 radical (unpaired) electrons. The smallest absolute Gasteiger partial charge is 0.218 e. The summed E-state index contributed by atoms with van der Waals surface area (Å²) in [6.07, 6.45) is 0. The molecular formula is C13H20N2O2S2. The van der Waals surface area contributed by atoms with Crippen molar-refractivity contribution in [2.75, 3.05) is 6.54 Å². The van der Waals surface area contributed by atoms with Crippen LogP contribution in [0.5, 0.6) is 0 Å². The van der Waals surface area contributed by atoms with E-state index in [2.05, 4.69) is 0 Å². The van der Waals surface area contributed by atoms with Crippen LogP contribution >= 0.6 is 12.2 Å². The van der Waals surface area contributed by atoms with Crippen LogP contribution in [0, 0.1) is 0 Å². The number of thiocarbonyl (C=S) groups is 1. The summed E-state index contributed by atoms with van der Waals surface area (Å²) in [4.78, 5) is 0.274. The zero-order valence-corrected chi connectivity index (χ0v) is 13.1. The number of hydrogen-bond acceptors (Lipinski definition) is 3. The van der Waals surface area contributed by atoms with E-state index >= 15 is 0 Å². The fourth-order valence-electron chi connectivity index (χ4n) is 1.99. The van der Waals surface area contributed by atoms with Gasteiger partial charge in [-0.05, 0) is 25.5 Å². The molecule has 0 spiro atoms. The molecule has 0 aliphatic rings. The van der Waals surface area contributed by atoms with Gasteiger partial charge in [0.1, 0.15) is 4.99 Å². The van der Waals surface area contributed by atoms with Crippen molar-refractivity contribution in [2.45, 2.75) is 32.6 Å². The van der Waals surface area contributed by atoms with E-state index in [9.17, 15) is 8.42 Å². The maximum Gasteiger partial charge on any atom is 0.218 e. The molecule has 0 saturated heterocycles. The molecule has 0 aromatic heterocycles. The quantitative estimate of drug-likeness (QED) is 0.815. The molecule has 0 bridgehead atoms. The van der Waals surface area contributed by atoms with Gasteiger partial charge < -0.3 is 5.73 Å². The number of nitrogens with zero attached hydrogens (tertiary/aromatic N) is 1. The summed E-state index contributed by atoms with van der Waals surface area (Å²) in [5, 5.41) is 0. The molecule has 0 saturated carbocycles. The molecule has 0 amide bonds. The Labute approximate surface area is 120 Å². The van der Waals surface area contributed by atoms with Crippen LogP contribution in [0.2, 0.25) is 0 Å². The maximum absolute atomic E-state index is 12.3. The Bertz CT molecular complexity index is 554. The van der Waals surface area contributed by atoms with Crippen LogP contribution < -0.4 is 5.73 Å². The average molecular weight is 300 g/mol. The largest absolute Gasteiger partial charge is 0.389 e. The highest BCUT2D eigenvalue weighted by Gasteiger charge is 2.23. The Morgan fingerprint density at radius 3 is 2.53 bits per heavy atom. The van der Waals surface area contributed by atoms with Gasteiger partial charge >= 0.3 is 0 Å². The lowest BCUT2D eigenvalue weighted by molar-refractivity contribution is 0.368. The molecule has 4 nitrogen and oxygen atoms in total. The second-order valence-corrected chi connectivity index (χ2v) is 6.98. The van der Waals surface area contributed by atoms with Crippen molar-refractivity contribution in [1.82, 2.24) is 4.31 Å². The van der Waals surface area contributed by atoms with Crippen molar-refractivity contribution in [3.63, 3.8) is 0 Å². The van der Waals surface area contributed by atoms with Gasteiger partial charge in [0.15, 0.2) is 0 Å². The predicted molar refractivity (Wildman–Crippen MR) is 82.5 cm³/mol. The molecule has 1 aromatic rings. The maximum atomic E-state index is 12.3. The minimum absolute atomic E-state index is 0.0323. The van der Waals surface area contributed by atoms with Gasteiger partial charge in [-0.25, -0.2) is 8.42 Å². The van der Waals surface area contributed by atoms with Crippen molar-refractivity contribution < 1.29 is 8.42 Å². The molecule has 0 aliphatic carbocycles. The lowest BCUT2D eigenvalue weighted by Crippen LogP contribution is -2.37. The molecule has 0 unspecified atom stereocenters. The molecule has 1 rings (SSSR count). The first-order valence-corrected chi connectivity index (χ1v) is 8.18. The predicted octanol–water partition coefficient (Wildman–Crippen LogP) is 1.88. The van der Waals surface area contributed by atoms with Gasteiger partial charge in [0, 0.05) is 18.2 Å². The van der Waals surface area contributed by atoms with Crippen molar-refractivity contribution in [1.29, 1.82) is 0 Å². The van der Waals surface area contributed by atoms with Gasteiger partial charge in [-0.3, -0.25) is 0 Å². The normalized spacial score (nSPS) is 12.1. The molecule has 1 aromatic carbocycles. The number of sulfonamides is 1. The van der Waals surface area contributed by atoms with E-state index in [1.165, 1.54) is 4.31 Å². The first kappa shape index (κ1) is 16.1. The summed E-state index contributed by atoms with van der Waals surface area (Å²) in [5.74, 6) is -0.0323. The van der Waals surface area contributed by atoms with Gasteiger partial charge in [0.25, 0.3) is 0 Å². The van der Waals surface area contributed by atoms with Crippen LogP contribution in [0.25, 0.3) is 0 Å².